The van der Waals surface area contributed by atoms with E-state index in [1.54, 1.807) is 0 Å². The maximum atomic E-state index is 12.7. The van der Waals surface area contributed by atoms with Crippen LogP contribution < -0.4 is 10.2 Å². The molecule has 2 heterocycles. The van der Waals surface area contributed by atoms with Crippen LogP contribution in [-0.4, -0.2) is 77.4 Å². The van der Waals surface area contributed by atoms with Crippen molar-refractivity contribution >= 4 is 17.9 Å². The lowest BCUT2D eigenvalue weighted by molar-refractivity contribution is -0.134. The molecule has 2 aliphatic rings. The van der Waals surface area contributed by atoms with E-state index in [1.165, 1.54) is 18.4 Å². The van der Waals surface area contributed by atoms with E-state index in [2.05, 4.69) is 20.2 Å². The quantitative estimate of drug-likeness (QED) is 0.654. The second-order valence-corrected chi connectivity index (χ2v) is 9.85. The Kier molecular flexibility index (Phi) is 7.92. The summed E-state index contributed by atoms with van der Waals surface area (Å²) in [6.07, 6.45) is 5.97. The number of alkyl carbamates (subject to hydrolysis) is 1. The van der Waals surface area contributed by atoms with Crippen LogP contribution in [0.5, 0.6) is 0 Å². The lowest BCUT2D eigenvalue weighted by Crippen LogP contribution is -2.49. The van der Waals surface area contributed by atoms with Crippen molar-refractivity contribution in [3.8, 4) is 0 Å². The van der Waals surface area contributed by atoms with Crippen LogP contribution in [0.3, 0.4) is 0 Å². The minimum atomic E-state index is -0.541. The minimum absolute atomic E-state index is 0.0786. The Hall–Kier alpha value is -2.42. The predicted molar refractivity (Wildman–Crippen MR) is 122 cm³/mol. The van der Waals surface area contributed by atoms with E-state index in [9.17, 15) is 9.59 Å². The third-order valence-corrected chi connectivity index (χ3v) is 5.48. The summed E-state index contributed by atoms with van der Waals surface area (Å²) in [5.41, 5.74) is 0.688. The second kappa shape index (κ2) is 10.5. The fraction of sp³-hybridized carbons (Fsp3) is 0.739. The van der Waals surface area contributed by atoms with Crippen molar-refractivity contribution < 1.29 is 19.1 Å². The molecule has 1 aromatic rings. The van der Waals surface area contributed by atoms with Gasteiger partial charge < -0.3 is 24.6 Å². The van der Waals surface area contributed by atoms with E-state index in [0.717, 1.165) is 19.0 Å². The summed E-state index contributed by atoms with van der Waals surface area (Å²) >= 11 is 0. The van der Waals surface area contributed by atoms with E-state index < -0.39 is 11.7 Å². The van der Waals surface area contributed by atoms with Crippen molar-refractivity contribution in [2.24, 2.45) is 0 Å². The van der Waals surface area contributed by atoms with Gasteiger partial charge in [0.05, 0.1) is 25.2 Å². The maximum Gasteiger partial charge on any atom is 0.407 e. The number of anilines is 1. The smallest absolute Gasteiger partial charge is 0.407 e. The van der Waals surface area contributed by atoms with Gasteiger partial charge in [0.15, 0.2) is 0 Å². The lowest BCUT2D eigenvalue weighted by atomic mass is 10.2. The van der Waals surface area contributed by atoms with Crippen LogP contribution in [0.1, 0.15) is 65.4 Å². The van der Waals surface area contributed by atoms with Gasteiger partial charge in [0.25, 0.3) is 0 Å². The van der Waals surface area contributed by atoms with Gasteiger partial charge in [-0.15, -0.1) is 0 Å². The molecule has 1 saturated carbocycles. The van der Waals surface area contributed by atoms with E-state index in [0.29, 0.717) is 32.0 Å². The second-order valence-electron chi connectivity index (χ2n) is 9.85. The van der Waals surface area contributed by atoms with Crippen LogP contribution in [0.2, 0.25) is 0 Å². The highest BCUT2D eigenvalue weighted by Crippen LogP contribution is 2.39. The third-order valence-electron chi connectivity index (χ3n) is 5.48. The molecule has 1 aliphatic heterocycles. The van der Waals surface area contributed by atoms with Crippen molar-refractivity contribution in [3.63, 3.8) is 0 Å². The molecule has 0 aromatic carbocycles. The molecule has 2 atom stereocenters. The van der Waals surface area contributed by atoms with Crippen LogP contribution in [-0.2, 0) is 14.3 Å². The summed E-state index contributed by atoms with van der Waals surface area (Å²) in [4.78, 5) is 37.5. The molecule has 32 heavy (non-hydrogen) atoms. The van der Waals surface area contributed by atoms with Gasteiger partial charge in [-0.25, -0.2) is 14.8 Å². The molecular formula is C23H37N5O4. The fourth-order valence-corrected chi connectivity index (χ4v) is 3.57. The number of piperazine rings is 1. The Morgan fingerprint density at radius 1 is 1.12 bits per heavy atom. The molecule has 1 aliphatic carbocycles. The largest absolute Gasteiger partial charge is 0.444 e. The number of aromatic nitrogens is 2. The van der Waals surface area contributed by atoms with Gasteiger partial charge >= 0.3 is 6.09 Å². The molecule has 1 saturated heterocycles. The van der Waals surface area contributed by atoms with E-state index in [1.807, 2.05) is 51.9 Å². The number of hydrogen-bond donors (Lipinski definition) is 1. The Balaban J connectivity index is 1.34. The van der Waals surface area contributed by atoms with Crippen molar-refractivity contribution in [1.29, 1.82) is 0 Å². The molecule has 2 amide bonds. The zero-order valence-corrected chi connectivity index (χ0v) is 20.0. The fourth-order valence-electron chi connectivity index (χ4n) is 3.57. The first-order chi connectivity index (χ1) is 15.1. The molecular weight excluding hydrogens is 410 g/mol. The number of amides is 2. The van der Waals surface area contributed by atoms with Gasteiger partial charge in [0.2, 0.25) is 11.9 Å². The molecule has 9 heteroatoms. The first kappa shape index (κ1) is 24.2. The molecule has 178 valence electrons. The van der Waals surface area contributed by atoms with Gasteiger partial charge in [0, 0.05) is 38.6 Å². The van der Waals surface area contributed by atoms with Gasteiger partial charge in [-0.2, -0.15) is 0 Å². The number of carbonyl (C=O) groups excluding carboxylic acids is 2. The summed E-state index contributed by atoms with van der Waals surface area (Å²) in [6, 6.07) is -0.211. The number of hydrogen-bond acceptors (Lipinski definition) is 7. The lowest BCUT2D eigenvalue weighted by Gasteiger charge is -2.35. The molecule has 1 aromatic heterocycles. The number of rotatable bonds is 8. The van der Waals surface area contributed by atoms with Crippen molar-refractivity contribution in [1.82, 2.24) is 20.2 Å². The highest BCUT2D eigenvalue weighted by Gasteiger charge is 2.26. The first-order valence-electron chi connectivity index (χ1n) is 11.6. The standard InChI is InChI=1S/C23H37N5O4/c1-16(26-22(30)32-23(3,4)5)15-31-17(2)12-20(29)27-8-10-28(11-9-27)21-24-13-19(14-25-21)18-6-7-18/h13-14,16-18H,6-12,15H2,1-5H3,(H,26,30). The Morgan fingerprint density at radius 3 is 2.31 bits per heavy atom. The van der Waals surface area contributed by atoms with Crippen LogP contribution in [0.25, 0.3) is 0 Å². The average Bonchev–Trinajstić information content (AvgIpc) is 3.56. The molecule has 0 bridgehead atoms. The van der Waals surface area contributed by atoms with Crippen molar-refractivity contribution in [2.45, 2.75) is 77.5 Å². The van der Waals surface area contributed by atoms with Crippen LogP contribution in [0.4, 0.5) is 10.7 Å². The van der Waals surface area contributed by atoms with Gasteiger partial charge in [-0.1, -0.05) is 0 Å². The Labute approximate surface area is 190 Å². The topological polar surface area (TPSA) is 96.9 Å². The SMILES string of the molecule is CC(COC(C)CC(=O)N1CCN(c2ncc(C3CC3)cn2)CC1)NC(=O)OC(C)(C)C. The minimum Gasteiger partial charge on any atom is -0.444 e. The monoisotopic (exact) mass is 447 g/mol. The van der Waals surface area contributed by atoms with Crippen molar-refractivity contribution in [3.05, 3.63) is 18.0 Å². The number of nitrogens with zero attached hydrogens (tertiary/aromatic N) is 4. The summed E-state index contributed by atoms with van der Waals surface area (Å²) in [5, 5.41) is 2.74. The van der Waals surface area contributed by atoms with Crippen LogP contribution in [0, 0.1) is 0 Å². The third kappa shape index (κ3) is 7.62. The van der Waals surface area contributed by atoms with E-state index in [-0.39, 0.29) is 18.1 Å². The highest BCUT2D eigenvalue weighted by atomic mass is 16.6. The van der Waals surface area contributed by atoms with E-state index >= 15 is 0 Å². The molecule has 0 radical (unpaired) electrons. The van der Waals surface area contributed by atoms with Gasteiger partial charge in [-0.3, -0.25) is 4.79 Å². The van der Waals surface area contributed by atoms with Gasteiger partial charge in [0.1, 0.15) is 5.60 Å². The predicted octanol–water partition coefficient (Wildman–Crippen LogP) is 2.71. The average molecular weight is 448 g/mol. The van der Waals surface area contributed by atoms with Crippen LogP contribution >= 0.6 is 0 Å². The Morgan fingerprint density at radius 2 is 1.75 bits per heavy atom. The van der Waals surface area contributed by atoms with E-state index in [4.69, 9.17) is 9.47 Å². The van der Waals surface area contributed by atoms with Crippen molar-refractivity contribution in [2.75, 3.05) is 37.7 Å². The number of nitrogens with one attached hydrogen (secondary N) is 1. The summed E-state index contributed by atoms with van der Waals surface area (Å²) < 4.78 is 11.0. The molecule has 1 N–H and O–H groups in total. The molecule has 0 spiro atoms. The normalized spacial score (nSPS) is 18.8. The zero-order chi connectivity index (χ0) is 23.3. The molecule has 2 unspecified atom stereocenters. The summed E-state index contributed by atoms with van der Waals surface area (Å²) in [6.45, 7) is 12.2. The highest BCUT2D eigenvalue weighted by molar-refractivity contribution is 5.77. The molecule has 3 rings (SSSR count). The van der Waals surface area contributed by atoms with Gasteiger partial charge in [-0.05, 0) is 58.9 Å². The zero-order valence-electron chi connectivity index (χ0n) is 20.0. The molecule has 9 nitrogen and oxygen atoms in total. The molecule has 2 fully saturated rings. The summed E-state index contributed by atoms with van der Waals surface area (Å²) in [7, 11) is 0. The summed E-state index contributed by atoms with van der Waals surface area (Å²) in [5.74, 6) is 1.47. The Bertz CT molecular complexity index is 768. The first-order valence-corrected chi connectivity index (χ1v) is 11.6. The maximum absolute atomic E-state index is 12.7. The van der Waals surface area contributed by atoms with Crippen LogP contribution in [0.15, 0.2) is 12.4 Å². The number of carbonyl (C=O) groups is 2. The number of ether oxygens (including phenoxy) is 2.